The van der Waals surface area contributed by atoms with Gasteiger partial charge in [-0.25, -0.2) is 4.98 Å². The summed E-state index contributed by atoms with van der Waals surface area (Å²) in [6.45, 7) is 0. The molecule has 1 saturated carbocycles. The normalized spacial score (nSPS) is 18.6. The molecule has 1 aliphatic carbocycles. The maximum absolute atomic E-state index is 5.59. The lowest BCUT2D eigenvalue weighted by Gasteiger charge is -2.20. The van der Waals surface area contributed by atoms with E-state index in [1.165, 1.54) is 49.8 Å². The number of anilines is 1. The SMILES string of the molecule is Nc1ncc(CCC2CCCCC2)s1. The fraction of sp³-hybridized carbons (Fsp3) is 0.727. The average Bonchev–Trinajstić information content (AvgIpc) is 2.63. The summed E-state index contributed by atoms with van der Waals surface area (Å²) in [5, 5.41) is 0.712. The third kappa shape index (κ3) is 2.71. The van der Waals surface area contributed by atoms with Crippen LogP contribution in [0.1, 0.15) is 43.4 Å². The van der Waals surface area contributed by atoms with Gasteiger partial charge < -0.3 is 5.73 Å². The minimum atomic E-state index is 0.712. The number of rotatable bonds is 3. The zero-order chi connectivity index (χ0) is 9.80. The maximum atomic E-state index is 5.59. The Balaban J connectivity index is 1.76. The second-order valence-corrected chi connectivity index (χ2v) is 5.35. The summed E-state index contributed by atoms with van der Waals surface area (Å²) >= 11 is 1.64. The molecule has 2 N–H and O–H groups in total. The molecular formula is C11H18N2S. The van der Waals surface area contributed by atoms with Gasteiger partial charge in [-0.1, -0.05) is 32.1 Å². The molecule has 0 atom stereocenters. The zero-order valence-corrected chi connectivity index (χ0v) is 9.35. The van der Waals surface area contributed by atoms with Gasteiger partial charge in [0.2, 0.25) is 0 Å². The molecule has 0 bridgehead atoms. The van der Waals surface area contributed by atoms with Gasteiger partial charge in [-0.3, -0.25) is 0 Å². The quantitative estimate of drug-likeness (QED) is 0.831. The van der Waals surface area contributed by atoms with Crippen molar-refractivity contribution in [2.45, 2.75) is 44.9 Å². The first-order chi connectivity index (χ1) is 6.84. The third-order valence-electron chi connectivity index (χ3n) is 3.10. The Labute approximate surface area is 89.5 Å². The fourth-order valence-electron chi connectivity index (χ4n) is 2.26. The van der Waals surface area contributed by atoms with Crippen LogP contribution in [0.4, 0.5) is 5.13 Å². The molecule has 3 heteroatoms. The van der Waals surface area contributed by atoms with E-state index in [0.29, 0.717) is 5.13 Å². The smallest absolute Gasteiger partial charge is 0.180 e. The van der Waals surface area contributed by atoms with E-state index >= 15 is 0 Å². The summed E-state index contributed by atoms with van der Waals surface area (Å²) in [6.07, 6.45) is 11.7. The molecule has 1 heterocycles. The molecule has 0 spiro atoms. The first-order valence-corrected chi connectivity index (χ1v) is 6.36. The second kappa shape index (κ2) is 4.78. The van der Waals surface area contributed by atoms with Crippen LogP contribution in [0, 0.1) is 5.92 Å². The van der Waals surface area contributed by atoms with E-state index in [1.54, 1.807) is 11.3 Å². The molecule has 0 aromatic carbocycles. The van der Waals surface area contributed by atoms with E-state index in [-0.39, 0.29) is 0 Å². The Hall–Kier alpha value is -0.570. The third-order valence-corrected chi connectivity index (χ3v) is 3.98. The number of nitrogens with two attached hydrogens (primary N) is 1. The van der Waals surface area contributed by atoms with E-state index in [1.807, 2.05) is 6.20 Å². The minimum absolute atomic E-state index is 0.712. The molecule has 0 unspecified atom stereocenters. The summed E-state index contributed by atoms with van der Waals surface area (Å²) in [6, 6.07) is 0. The number of aromatic nitrogens is 1. The molecule has 0 amide bonds. The van der Waals surface area contributed by atoms with Crippen LogP contribution in [0.3, 0.4) is 0 Å². The van der Waals surface area contributed by atoms with Crippen LogP contribution in [0.2, 0.25) is 0 Å². The summed E-state index contributed by atoms with van der Waals surface area (Å²) in [5.41, 5.74) is 5.59. The van der Waals surface area contributed by atoms with Gasteiger partial charge in [0.05, 0.1) is 0 Å². The molecule has 2 rings (SSSR count). The van der Waals surface area contributed by atoms with Gasteiger partial charge in [0.25, 0.3) is 0 Å². The first-order valence-electron chi connectivity index (χ1n) is 5.55. The van der Waals surface area contributed by atoms with Crippen LogP contribution in [0.15, 0.2) is 6.20 Å². The molecule has 78 valence electrons. The van der Waals surface area contributed by atoms with Crippen LogP contribution in [0.25, 0.3) is 0 Å². The molecule has 14 heavy (non-hydrogen) atoms. The summed E-state index contributed by atoms with van der Waals surface area (Å²) in [4.78, 5) is 5.43. The lowest BCUT2D eigenvalue weighted by molar-refractivity contribution is 0.340. The van der Waals surface area contributed by atoms with E-state index in [2.05, 4.69) is 4.98 Å². The van der Waals surface area contributed by atoms with Gasteiger partial charge in [-0.15, -0.1) is 11.3 Å². The Morgan fingerprint density at radius 1 is 1.36 bits per heavy atom. The van der Waals surface area contributed by atoms with Gasteiger partial charge in [0, 0.05) is 11.1 Å². The van der Waals surface area contributed by atoms with Crippen LogP contribution >= 0.6 is 11.3 Å². The highest BCUT2D eigenvalue weighted by atomic mass is 32.1. The van der Waals surface area contributed by atoms with Crippen molar-refractivity contribution >= 4 is 16.5 Å². The fourth-order valence-corrected chi connectivity index (χ4v) is 2.96. The van der Waals surface area contributed by atoms with Crippen LogP contribution in [0.5, 0.6) is 0 Å². The number of thiazole rings is 1. The molecular weight excluding hydrogens is 192 g/mol. The standard InChI is InChI=1S/C11H18N2S/c12-11-13-8-10(14-11)7-6-9-4-2-1-3-5-9/h8-9H,1-7H2,(H2,12,13). The number of nitrogen functional groups attached to an aromatic ring is 1. The maximum Gasteiger partial charge on any atom is 0.180 e. The monoisotopic (exact) mass is 210 g/mol. The van der Waals surface area contributed by atoms with Crippen molar-refractivity contribution in [1.82, 2.24) is 4.98 Å². The Morgan fingerprint density at radius 2 is 2.14 bits per heavy atom. The number of nitrogens with zero attached hydrogens (tertiary/aromatic N) is 1. The summed E-state index contributed by atoms with van der Waals surface area (Å²) in [7, 11) is 0. The zero-order valence-electron chi connectivity index (χ0n) is 8.54. The lowest BCUT2D eigenvalue weighted by Crippen LogP contribution is -2.06. The van der Waals surface area contributed by atoms with Crippen molar-refractivity contribution in [3.8, 4) is 0 Å². The van der Waals surface area contributed by atoms with Gasteiger partial charge >= 0.3 is 0 Å². The topological polar surface area (TPSA) is 38.9 Å². The van der Waals surface area contributed by atoms with Gasteiger partial charge in [-0.2, -0.15) is 0 Å². The van der Waals surface area contributed by atoms with Crippen molar-refractivity contribution in [3.63, 3.8) is 0 Å². The van der Waals surface area contributed by atoms with E-state index in [4.69, 9.17) is 5.73 Å². The summed E-state index contributed by atoms with van der Waals surface area (Å²) in [5.74, 6) is 0.965. The predicted molar refractivity (Wildman–Crippen MR) is 61.4 cm³/mol. The molecule has 1 aromatic heterocycles. The highest BCUT2D eigenvalue weighted by molar-refractivity contribution is 7.15. The van der Waals surface area contributed by atoms with E-state index < -0.39 is 0 Å². The Bertz CT molecular complexity index is 277. The lowest BCUT2D eigenvalue weighted by atomic mass is 9.86. The summed E-state index contributed by atoms with van der Waals surface area (Å²) < 4.78 is 0. The Kier molecular flexibility index (Phi) is 3.40. The molecule has 1 aromatic rings. The van der Waals surface area contributed by atoms with Crippen LogP contribution in [-0.2, 0) is 6.42 Å². The van der Waals surface area contributed by atoms with E-state index in [9.17, 15) is 0 Å². The highest BCUT2D eigenvalue weighted by Gasteiger charge is 2.13. The minimum Gasteiger partial charge on any atom is -0.375 e. The second-order valence-electron chi connectivity index (χ2n) is 4.21. The molecule has 0 aliphatic heterocycles. The molecule has 1 fully saturated rings. The van der Waals surface area contributed by atoms with Crippen molar-refractivity contribution in [3.05, 3.63) is 11.1 Å². The van der Waals surface area contributed by atoms with Crippen molar-refractivity contribution in [1.29, 1.82) is 0 Å². The molecule has 0 saturated heterocycles. The van der Waals surface area contributed by atoms with Crippen molar-refractivity contribution in [2.75, 3.05) is 5.73 Å². The largest absolute Gasteiger partial charge is 0.375 e. The van der Waals surface area contributed by atoms with Gasteiger partial charge in [-0.05, 0) is 18.8 Å². The molecule has 1 aliphatic rings. The number of hydrogen-bond donors (Lipinski definition) is 1. The molecule has 2 nitrogen and oxygen atoms in total. The number of hydrogen-bond acceptors (Lipinski definition) is 3. The van der Waals surface area contributed by atoms with E-state index in [0.717, 1.165) is 5.92 Å². The predicted octanol–water partition coefficient (Wildman–Crippen LogP) is 3.24. The average molecular weight is 210 g/mol. The number of aryl methyl sites for hydroxylation is 1. The van der Waals surface area contributed by atoms with Crippen LogP contribution < -0.4 is 5.73 Å². The van der Waals surface area contributed by atoms with Gasteiger partial charge in [0.15, 0.2) is 5.13 Å². The first kappa shape index (κ1) is 9.97. The van der Waals surface area contributed by atoms with Gasteiger partial charge in [0.1, 0.15) is 0 Å². The highest BCUT2D eigenvalue weighted by Crippen LogP contribution is 2.28. The molecule has 0 radical (unpaired) electrons. The van der Waals surface area contributed by atoms with Crippen LogP contribution in [-0.4, -0.2) is 4.98 Å². The van der Waals surface area contributed by atoms with Crippen molar-refractivity contribution < 1.29 is 0 Å². The Morgan fingerprint density at radius 3 is 2.79 bits per heavy atom. The van der Waals surface area contributed by atoms with Crippen molar-refractivity contribution in [2.24, 2.45) is 5.92 Å².